The summed E-state index contributed by atoms with van der Waals surface area (Å²) in [7, 11) is 0. The molecule has 0 spiro atoms. The Morgan fingerprint density at radius 2 is 1.07 bits per heavy atom. The van der Waals surface area contributed by atoms with Crippen LogP contribution in [-0.4, -0.2) is 48.6 Å². The van der Waals surface area contributed by atoms with Gasteiger partial charge in [-0.1, -0.05) is 63.8 Å². The number of carbonyl (C=O) groups is 4. The number of hydrogen-bond donors (Lipinski definition) is 3. The van der Waals surface area contributed by atoms with Crippen molar-refractivity contribution in [3.8, 4) is 0 Å². The third-order valence-corrected chi connectivity index (χ3v) is 7.18. The first-order valence-corrected chi connectivity index (χ1v) is 13.9. The maximum Gasteiger partial charge on any atom is 0.280 e. The molecule has 0 saturated heterocycles. The highest BCUT2D eigenvalue weighted by molar-refractivity contribution is 6.23. The van der Waals surface area contributed by atoms with Crippen LogP contribution in [0.15, 0.2) is 36.4 Å². The Hall–Kier alpha value is -4.87. The van der Waals surface area contributed by atoms with Gasteiger partial charge < -0.3 is 5.73 Å². The number of nitrogens with zero attached hydrogens (tertiary/aromatic N) is 5. The van der Waals surface area contributed by atoms with Gasteiger partial charge in [-0.15, -0.1) is 0 Å². The van der Waals surface area contributed by atoms with Gasteiger partial charge in [-0.2, -0.15) is 25.0 Å². The Balaban J connectivity index is 1.35. The van der Waals surface area contributed by atoms with Crippen LogP contribution in [-0.2, 0) is 12.8 Å². The van der Waals surface area contributed by atoms with Gasteiger partial charge in [0.2, 0.25) is 17.8 Å². The van der Waals surface area contributed by atoms with Gasteiger partial charge in [0.15, 0.2) is 0 Å². The number of amides is 4. The van der Waals surface area contributed by atoms with Crippen LogP contribution in [0, 0.1) is 0 Å². The molecule has 3 heterocycles. The maximum atomic E-state index is 13.3. The molecule has 2 aromatic carbocycles. The van der Waals surface area contributed by atoms with E-state index >= 15 is 0 Å². The van der Waals surface area contributed by atoms with E-state index in [1.807, 2.05) is 12.1 Å². The number of nitrogens with one attached hydrogen (secondary N) is 2. The van der Waals surface area contributed by atoms with E-state index in [0.717, 1.165) is 59.7 Å². The first kappa shape index (κ1) is 27.7. The Bertz CT molecular complexity index is 1430. The molecule has 41 heavy (non-hydrogen) atoms. The number of fused-ring (bicyclic) bond motifs is 2. The highest BCUT2D eigenvalue weighted by Gasteiger charge is 2.40. The average Bonchev–Trinajstić information content (AvgIpc) is 3.34. The van der Waals surface area contributed by atoms with Crippen LogP contribution < -0.4 is 16.6 Å². The molecule has 0 fully saturated rings. The minimum atomic E-state index is -0.549. The first-order valence-electron chi connectivity index (χ1n) is 13.9. The molecular weight excluding hydrogens is 524 g/mol. The summed E-state index contributed by atoms with van der Waals surface area (Å²) in [5.41, 5.74) is 14.0. The maximum absolute atomic E-state index is 13.3. The smallest absolute Gasteiger partial charge is 0.280 e. The van der Waals surface area contributed by atoms with E-state index in [1.54, 1.807) is 24.3 Å². The normalized spacial score (nSPS) is 14.1. The average molecular weight is 557 g/mol. The number of carbonyl (C=O) groups excluding carboxylic acids is 4. The molecule has 3 aromatic rings. The van der Waals surface area contributed by atoms with Gasteiger partial charge in [-0.25, -0.2) is 0 Å². The first-order chi connectivity index (χ1) is 19.8. The molecule has 4 N–H and O–H groups in total. The molecule has 4 amide bonds. The summed E-state index contributed by atoms with van der Waals surface area (Å²) in [6, 6.07) is 10.4. The lowest BCUT2D eigenvalue weighted by Gasteiger charge is -2.18. The van der Waals surface area contributed by atoms with Gasteiger partial charge in [0.25, 0.3) is 23.6 Å². The summed E-state index contributed by atoms with van der Waals surface area (Å²) in [5.74, 6) is -2.82. The summed E-state index contributed by atoms with van der Waals surface area (Å²) in [6.45, 7) is 4.19. The van der Waals surface area contributed by atoms with Crippen LogP contribution in [0.1, 0.15) is 105 Å². The number of hydrazine groups is 2. The van der Waals surface area contributed by atoms with Crippen LogP contribution in [0.2, 0.25) is 0 Å². The van der Waals surface area contributed by atoms with Crippen LogP contribution in [0.5, 0.6) is 0 Å². The number of anilines is 3. The number of unbranched alkanes of at least 4 members (excludes halogenated alkanes) is 4. The van der Waals surface area contributed by atoms with Gasteiger partial charge >= 0.3 is 0 Å². The molecular formula is C29H32N8O4. The van der Waals surface area contributed by atoms with Crippen molar-refractivity contribution in [1.29, 1.82) is 0 Å². The molecule has 0 unspecified atom stereocenters. The Morgan fingerprint density at radius 1 is 0.634 bits per heavy atom. The molecule has 0 atom stereocenters. The zero-order valence-electron chi connectivity index (χ0n) is 23.1. The van der Waals surface area contributed by atoms with E-state index in [-0.39, 0.29) is 29.0 Å². The minimum absolute atomic E-state index is 0.209. The zero-order valence-corrected chi connectivity index (χ0v) is 23.1. The van der Waals surface area contributed by atoms with E-state index in [4.69, 9.17) is 5.73 Å². The summed E-state index contributed by atoms with van der Waals surface area (Å²) in [6.07, 6.45) is 7.26. The number of benzene rings is 2. The van der Waals surface area contributed by atoms with E-state index in [9.17, 15) is 19.2 Å². The monoisotopic (exact) mass is 556 g/mol. The van der Waals surface area contributed by atoms with Crippen LogP contribution in [0.3, 0.4) is 0 Å². The second-order valence-corrected chi connectivity index (χ2v) is 10.0. The second-order valence-electron chi connectivity index (χ2n) is 10.0. The highest BCUT2D eigenvalue weighted by atomic mass is 16.2. The third-order valence-electron chi connectivity index (χ3n) is 7.18. The number of rotatable bonds is 12. The Morgan fingerprint density at radius 3 is 1.49 bits per heavy atom. The fraction of sp³-hybridized carbons (Fsp3) is 0.345. The number of nitrogen functional groups attached to an aromatic ring is 1. The van der Waals surface area contributed by atoms with Crippen molar-refractivity contribution in [2.75, 3.05) is 16.6 Å². The molecule has 0 saturated carbocycles. The van der Waals surface area contributed by atoms with Crippen molar-refractivity contribution in [2.24, 2.45) is 0 Å². The Kier molecular flexibility index (Phi) is 7.90. The molecule has 0 radical (unpaired) electrons. The van der Waals surface area contributed by atoms with E-state index in [0.29, 0.717) is 24.0 Å². The van der Waals surface area contributed by atoms with Crippen LogP contribution in [0.25, 0.3) is 0 Å². The van der Waals surface area contributed by atoms with Gasteiger partial charge in [-0.05, 0) is 48.9 Å². The largest absolute Gasteiger partial charge is 0.368 e. The number of aryl methyl sites for hydroxylation is 2. The van der Waals surface area contributed by atoms with Gasteiger partial charge in [0, 0.05) is 0 Å². The fourth-order valence-corrected chi connectivity index (χ4v) is 5.15. The summed E-state index contributed by atoms with van der Waals surface area (Å²) < 4.78 is 0. The molecule has 0 bridgehead atoms. The summed E-state index contributed by atoms with van der Waals surface area (Å²) in [5, 5.41) is 1.66. The van der Waals surface area contributed by atoms with Crippen molar-refractivity contribution in [3.05, 3.63) is 69.8 Å². The van der Waals surface area contributed by atoms with Crippen molar-refractivity contribution < 1.29 is 19.2 Å². The molecule has 5 rings (SSSR count). The standard InChI is InChI=1S/C29H32N8O4/c1-3-5-7-11-17-13-9-15-19-21(17)25(40)36(23(19)38)34-28-31-27(30)32-29(33-28)35-37-24(39)20-16-10-14-18(12-8-6-4-2)22(20)26(37)41/h9-10,13-16H,3-8,11-12H2,1-2H3,(H4,30,31,32,33,34,35). The van der Waals surface area contributed by atoms with E-state index < -0.39 is 23.6 Å². The van der Waals surface area contributed by atoms with Crippen LogP contribution >= 0.6 is 0 Å². The number of nitrogens with two attached hydrogens (primary N) is 1. The second kappa shape index (κ2) is 11.7. The van der Waals surface area contributed by atoms with Crippen molar-refractivity contribution in [3.63, 3.8) is 0 Å². The molecule has 12 nitrogen and oxygen atoms in total. The number of aromatic nitrogens is 3. The summed E-state index contributed by atoms with van der Waals surface area (Å²) >= 11 is 0. The summed E-state index contributed by atoms with van der Waals surface area (Å²) in [4.78, 5) is 64.9. The van der Waals surface area contributed by atoms with E-state index in [2.05, 4.69) is 39.7 Å². The highest BCUT2D eigenvalue weighted by Crippen LogP contribution is 2.29. The topological polar surface area (TPSA) is 164 Å². The SMILES string of the molecule is CCCCCc1cccc2c1C(=O)N(Nc1nc(N)nc(NN3C(=O)c4cccc(CCCCC)c4C3=O)n1)C2=O. The number of imide groups is 2. The molecule has 212 valence electrons. The van der Waals surface area contributed by atoms with Gasteiger partial charge in [0.05, 0.1) is 22.3 Å². The number of hydrogen-bond acceptors (Lipinski definition) is 10. The van der Waals surface area contributed by atoms with Crippen molar-refractivity contribution >= 4 is 41.5 Å². The molecule has 2 aliphatic rings. The third kappa shape index (κ3) is 5.32. The van der Waals surface area contributed by atoms with E-state index in [1.165, 1.54) is 0 Å². The minimum Gasteiger partial charge on any atom is -0.368 e. The molecule has 2 aliphatic heterocycles. The lowest BCUT2D eigenvalue weighted by atomic mass is 9.98. The molecule has 1 aromatic heterocycles. The predicted octanol–water partition coefficient (Wildman–Crippen LogP) is 4.17. The van der Waals surface area contributed by atoms with Gasteiger partial charge in [0.1, 0.15) is 0 Å². The van der Waals surface area contributed by atoms with Crippen LogP contribution in [0.4, 0.5) is 17.8 Å². The Labute approximate surface area is 237 Å². The molecule has 12 heteroatoms. The lowest BCUT2D eigenvalue weighted by Crippen LogP contribution is -2.38. The van der Waals surface area contributed by atoms with Crippen molar-refractivity contribution in [1.82, 2.24) is 25.0 Å². The predicted molar refractivity (Wildman–Crippen MR) is 152 cm³/mol. The van der Waals surface area contributed by atoms with Crippen molar-refractivity contribution in [2.45, 2.75) is 65.2 Å². The zero-order chi connectivity index (χ0) is 29.1. The lowest BCUT2D eigenvalue weighted by molar-refractivity contribution is 0.0676. The fourth-order valence-electron chi connectivity index (χ4n) is 5.15. The van der Waals surface area contributed by atoms with Gasteiger partial charge in [-0.3, -0.25) is 30.0 Å². The molecule has 0 aliphatic carbocycles. The quantitative estimate of drug-likeness (QED) is 0.218.